The highest BCUT2D eigenvalue weighted by atomic mass is 19.1. The Balaban J connectivity index is 1.94. The fourth-order valence-electron chi connectivity index (χ4n) is 2.77. The minimum absolute atomic E-state index is 0.256. The van der Waals surface area contributed by atoms with Crippen LogP contribution in [0.4, 0.5) is 10.2 Å². The summed E-state index contributed by atoms with van der Waals surface area (Å²) in [6, 6.07) is 0. The Morgan fingerprint density at radius 3 is 3.10 bits per heavy atom. The predicted molar refractivity (Wildman–Crippen MR) is 81.1 cm³/mol. The summed E-state index contributed by atoms with van der Waals surface area (Å²) in [7, 11) is 1.70. The molecule has 0 saturated carbocycles. The zero-order chi connectivity index (χ0) is 15.1. The maximum Gasteiger partial charge on any atom is 0.187 e. The van der Waals surface area contributed by atoms with E-state index in [0.29, 0.717) is 23.9 Å². The van der Waals surface area contributed by atoms with Gasteiger partial charge < -0.3 is 15.0 Å². The maximum atomic E-state index is 14.3. The molecule has 0 spiro atoms. The number of aryl methyl sites for hydroxylation is 1. The molecule has 1 atom stereocenters. The highest BCUT2D eigenvalue weighted by molar-refractivity contribution is 5.41. The SMILES string of the molecule is CCc1ncnc(N2CCCC(CNCCOC)C2)c1F. The lowest BCUT2D eigenvalue weighted by Crippen LogP contribution is -2.41. The van der Waals surface area contributed by atoms with E-state index >= 15 is 0 Å². The van der Waals surface area contributed by atoms with E-state index in [1.54, 1.807) is 7.11 Å². The second-order valence-corrected chi connectivity index (χ2v) is 5.46. The van der Waals surface area contributed by atoms with Crippen LogP contribution in [0.25, 0.3) is 0 Å². The second-order valence-electron chi connectivity index (χ2n) is 5.46. The lowest BCUT2D eigenvalue weighted by Gasteiger charge is -2.34. The van der Waals surface area contributed by atoms with E-state index < -0.39 is 0 Å². The number of methoxy groups -OCH3 is 1. The maximum absolute atomic E-state index is 14.3. The van der Waals surface area contributed by atoms with Crippen LogP contribution < -0.4 is 10.2 Å². The number of ether oxygens (including phenoxy) is 1. The minimum atomic E-state index is -0.256. The van der Waals surface area contributed by atoms with Crippen LogP contribution in [-0.2, 0) is 11.2 Å². The Hall–Kier alpha value is -1.27. The fraction of sp³-hybridized carbons (Fsp3) is 0.733. The van der Waals surface area contributed by atoms with Gasteiger partial charge in [-0.2, -0.15) is 0 Å². The van der Waals surface area contributed by atoms with Gasteiger partial charge in [-0.15, -0.1) is 0 Å². The third-order valence-corrected chi connectivity index (χ3v) is 3.91. The monoisotopic (exact) mass is 296 g/mol. The summed E-state index contributed by atoms with van der Waals surface area (Å²) < 4.78 is 19.4. The topological polar surface area (TPSA) is 50.3 Å². The van der Waals surface area contributed by atoms with Crippen molar-refractivity contribution in [3.05, 3.63) is 17.8 Å². The summed E-state index contributed by atoms with van der Waals surface area (Å²) in [4.78, 5) is 10.2. The van der Waals surface area contributed by atoms with E-state index in [1.807, 2.05) is 6.92 Å². The molecule has 0 radical (unpaired) electrons. The highest BCUT2D eigenvalue weighted by Gasteiger charge is 2.23. The van der Waals surface area contributed by atoms with Crippen LogP contribution in [-0.4, -0.2) is 49.9 Å². The first-order valence-corrected chi connectivity index (χ1v) is 7.70. The van der Waals surface area contributed by atoms with E-state index in [-0.39, 0.29) is 5.82 Å². The van der Waals surface area contributed by atoms with Gasteiger partial charge in [-0.05, 0) is 31.7 Å². The Kier molecular flexibility index (Phi) is 6.32. The number of hydrogen-bond donors (Lipinski definition) is 1. The fourth-order valence-corrected chi connectivity index (χ4v) is 2.77. The zero-order valence-electron chi connectivity index (χ0n) is 12.9. The first-order valence-electron chi connectivity index (χ1n) is 7.70. The molecule has 118 valence electrons. The molecule has 1 unspecified atom stereocenters. The molecule has 1 N–H and O–H groups in total. The van der Waals surface area contributed by atoms with Crippen molar-refractivity contribution in [3.63, 3.8) is 0 Å². The average molecular weight is 296 g/mol. The van der Waals surface area contributed by atoms with Gasteiger partial charge in [0.1, 0.15) is 6.33 Å². The molecule has 1 aliphatic rings. The molecule has 1 aromatic rings. The normalized spacial score (nSPS) is 19.0. The largest absolute Gasteiger partial charge is 0.383 e. The lowest BCUT2D eigenvalue weighted by molar-refractivity contribution is 0.197. The van der Waals surface area contributed by atoms with Crippen molar-refractivity contribution >= 4 is 5.82 Å². The lowest BCUT2D eigenvalue weighted by atomic mass is 9.98. The number of aromatic nitrogens is 2. The van der Waals surface area contributed by atoms with Crippen LogP contribution >= 0.6 is 0 Å². The molecule has 1 aliphatic heterocycles. The minimum Gasteiger partial charge on any atom is -0.383 e. The van der Waals surface area contributed by atoms with Gasteiger partial charge in [0.15, 0.2) is 11.6 Å². The number of anilines is 1. The van der Waals surface area contributed by atoms with Crippen molar-refractivity contribution in [3.8, 4) is 0 Å². The van der Waals surface area contributed by atoms with Gasteiger partial charge in [0.25, 0.3) is 0 Å². The van der Waals surface area contributed by atoms with Gasteiger partial charge in [-0.25, -0.2) is 14.4 Å². The summed E-state index contributed by atoms with van der Waals surface area (Å²) in [5.41, 5.74) is 0.500. The summed E-state index contributed by atoms with van der Waals surface area (Å²) in [6.45, 7) is 6.13. The smallest absolute Gasteiger partial charge is 0.187 e. The highest BCUT2D eigenvalue weighted by Crippen LogP contribution is 2.24. The average Bonchev–Trinajstić information content (AvgIpc) is 2.52. The van der Waals surface area contributed by atoms with Crippen LogP contribution in [0, 0.1) is 11.7 Å². The van der Waals surface area contributed by atoms with Gasteiger partial charge in [0.2, 0.25) is 0 Å². The molecule has 1 saturated heterocycles. The van der Waals surface area contributed by atoms with Gasteiger partial charge >= 0.3 is 0 Å². The molecule has 0 bridgehead atoms. The molecule has 5 nitrogen and oxygen atoms in total. The molecule has 1 fully saturated rings. The van der Waals surface area contributed by atoms with E-state index in [4.69, 9.17) is 4.74 Å². The zero-order valence-corrected chi connectivity index (χ0v) is 12.9. The first-order chi connectivity index (χ1) is 10.3. The first kappa shape index (κ1) is 16.1. The van der Waals surface area contributed by atoms with Gasteiger partial charge in [0.05, 0.1) is 12.3 Å². The van der Waals surface area contributed by atoms with Crippen LogP contribution in [0.2, 0.25) is 0 Å². The molecule has 1 aromatic heterocycles. The summed E-state index contributed by atoms with van der Waals surface area (Å²) in [6.07, 6.45) is 4.31. The molecule has 6 heteroatoms. The third kappa shape index (κ3) is 4.35. The Bertz CT molecular complexity index is 444. The van der Waals surface area contributed by atoms with Crippen molar-refractivity contribution in [1.29, 1.82) is 0 Å². The van der Waals surface area contributed by atoms with Crippen molar-refractivity contribution < 1.29 is 9.13 Å². The van der Waals surface area contributed by atoms with Gasteiger partial charge in [0, 0.05) is 26.7 Å². The van der Waals surface area contributed by atoms with E-state index in [9.17, 15) is 4.39 Å². The van der Waals surface area contributed by atoms with Crippen molar-refractivity contribution in [2.75, 3.05) is 44.8 Å². The van der Waals surface area contributed by atoms with Gasteiger partial charge in [-0.3, -0.25) is 0 Å². The number of nitrogens with one attached hydrogen (secondary N) is 1. The number of nitrogens with zero attached hydrogens (tertiary/aromatic N) is 3. The molecule has 2 rings (SSSR count). The summed E-state index contributed by atoms with van der Waals surface area (Å²) in [5, 5.41) is 3.39. The van der Waals surface area contributed by atoms with Gasteiger partial charge in [-0.1, -0.05) is 6.92 Å². The quantitative estimate of drug-likeness (QED) is 0.775. The Labute approximate surface area is 125 Å². The number of piperidine rings is 1. The van der Waals surface area contributed by atoms with Crippen molar-refractivity contribution in [2.45, 2.75) is 26.2 Å². The predicted octanol–water partition coefficient (Wildman–Crippen LogP) is 1.63. The molecule has 0 amide bonds. The number of rotatable bonds is 7. The van der Waals surface area contributed by atoms with Crippen LogP contribution in [0.15, 0.2) is 6.33 Å². The molecule has 2 heterocycles. The standard InChI is InChI=1S/C15H25FN4O/c1-3-13-14(16)15(19-11-18-13)20-7-4-5-12(10-20)9-17-6-8-21-2/h11-12,17H,3-10H2,1-2H3. The number of halogens is 1. The van der Waals surface area contributed by atoms with Crippen molar-refractivity contribution in [1.82, 2.24) is 15.3 Å². The summed E-state index contributed by atoms with van der Waals surface area (Å²) >= 11 is 0. The van der Waals surface area contributed by atoms with Crippen molar-refractivity contribution in [2.24, 2.45) is 5.92 Å². The molecular weight excluding hydrogens is 271 g/mol. The second kappa shape index (κ2) is 8.24. The van der Waals surface area contributed by atoms with Crippen LogP contribution in [0.3, 0.4) is 0 Å². The van der Waals surface area contributed by atoms with Crippen LogP contribution in [0.1, 0.15) is 25.5 Å². The van der Waals surface area contributed by atoms with Crippen LogP contribution in [0.5, 0.6) is 0 Å². The Morgan fingerprint density at radius 1 is 1.48 bits per heavy atom. The van der Waals surface area contributed by atoms with E-state index in [2.05, 4.69) is 20.2 Å². The molecule has 0 aliphatic carbocycles. The molecule has 21 heavy (non-hydrogen) atoms. The Morgan fingerprint density at radius 2 is 2.33 bits per heavy atom. The molecule has 0 aromatic carbocycles. The number of hydrogen-bond acceptors (Lipinski definition) is 5. The molecular formula is C15H25FN4O. The van der Waals surface area contributed by atoms with E-state index in [0.717, 1.165) is 39.2 Å². The van der Waals surface area contributed by atoms with E-state index in [1.165, 1.54) is 12.7 Å². The summed E-state index contributed by atoms with van der Waals surface area (Å²) in [5.74, 6) is 0.728. The third-order valence-electron chi connectivity index (χ3n) is 3.91.